The molecule has 0 bridgehead atoms. The lowest BCUT2D eigenvalue weighted by Gasteiger charge is -2.31. The average Bonchev–Trinajstić information content (AvgIpc) is 2.54. The zero-order valence-corrected chi connectivity index (χ0v) is 14.0. The van der Waals surface area contributed by atoms with Gasteiger partial charge in [0, 0.05) is 19.8 Å². The number of halogens is 1. The maximum atomic E-state index is 12.2. The molecule has 1 fully saturated rings. The van der Waals surface area contributed by atoms with Crippen LogP contribution in [0, 0.1) is 0 Å². The van der Waals surface area contributed by atoms with E-state index in [0.717, 1.165) is 5.56 Å². The molecule has 1 heterocycles. The molecule has 1 aromatic carbocycles. The molecule has 0 radical (unpaired) electrons. The third-order valence-corrected chi connectivity index (χ3v) is 3.76. The van der Waals surface area contributed by atoms with Gasteiger partial charge in [-0.2, -0.15) is 0 Å². The van der Waals surface area contributed by atoms with Gasteiger partial charge >= 0.3 is 5.97 Å². The van der Waals surface area contributed by atoms with E-state index in [-0.39, 0.29) is 24.3 Å². The number of ether oxygens (including phenoxy) is 2. The van der Waals surface area contributed by atoms with Gasteiger partial charge in [0.15, 0.2) is 0 Å². The summed E-state index contributed by atoms with van der Waals surface area (Å²) in [4.78, 5) is 23.7. The first kappa shape index (κ1) is 19.4. The van der Waals surface area contributed by atoms with Gasteiger partial charge in [0.05, 0.1) is 17.7 Å². The largest absolute Gasteiger partial charge is 0.462 e. The first-order valence-corrected chi connectivity index (χ1v) is 7.46. The predicted molar refractivity (Wildman–Crippen MR) is 88.5 cm³/mol. The topological polar surface area (TPSA) is 90.7 Å². The first-order valence-electron chi connectivity index (χ1n) is 7.46. The zero-order valence-electron chi connectivity index (χ0n) is 13.2. The summed E-state index contributed by atoms with van der Waals surface area (Å²) in [7, 11) is 0. The standard InChI is InChI=1S/C16H22N2O4.ClH/c1-2-22-14(19)13-5-3-12(4-6-13)11-18-15(20)16(17)7-9-21-10-8-16;/h3-6H,2,7-11,17H2,1H3,(H,18,20);1H. The normalized spacial score (nSPS) is 16.1. The van der Waals surface area contributed by atoms with Crippen molar-refractivity contribution in [1.29, 1.82) is 0 Å². The number of rotatable bonds is 5. The molecular formula is C16H23ClN2O4. The van der Waals surface area contributed by atoms with Crippen molar-refractivity contribution in [1.82, 2.24) is 5.32 Å². The van der Waals surface area contributed by atoms with Gasteiger partial charge in [0.25, 0.3) is 0 Å². The molecule has 0 saturated carbocycles. The lowest BCUT2D eigenvalue weighted by molar-refractivity contribution is -0.129. The second-order valence-electron chi connectivity index (χ2n) is 5.37. The lowest BCUT2D eigenvalue weighted by atomic mass is 9.90. The molecule has 0 atom stereocenters. The first-order chi connectivity index (χ1) is 10.5. The van der Waals surface area contributed by atoms with Crippen molar-refractivity contribution in [3.05, 3.63) is 35.4 Å². The van der Waals surface area contributed by atoms with E-state index in [1.807, 2.05) is 0 Å². The average molecular weight is 343 g/mol. The lowest BCUT2D eigenvalue weighted by Crippen LogP contribution is -2.56. The molecule has 7 heteroatoms. The quantitative estimate of drug-likeness (QED) is 0.789. The Morgan fingerprint density at radius 3 is 2.43 bits per heavy atom. The number of nitrogens with one attached hydrogen (secondary N) is 1. The molecule has 23 heavy (non-hydrogen) atoms. The Bertz CT molecular complexity index is 527. The minimum Gasteiger partial charge on any atom is -0.462 e. The van der Waals surface area contributed by atoms with Gasteiger partial charge in [-0.1, -0.05) is 12.1 Å². The highest BCUT2D eigenvalue weighted by Crippen LogP contribution is 2.18. The Balaban J connectivity index is 0.00000264. The van der Waals surface area contributed by atoms with E-state index in [4.69, 9.17) is 15.2 Å². The summed E-state index contributed by atoms with van der Waals surface area (Å²) >= 11 is 0. The molecule has 0 aliphatic carbocycles. The molecule has 128 valence electrons. The molecule has 1 saturated heterocycles. The fraction of sp³-hybridized carbons (Fsp3) is 0.500. The van der Waals surface area contributed by atoms with Gasteiger partial charge in [-0.3, -0.25) is 4.79 Å². The van der Waals surface area contributed by atoms with Crippen LogP contribution in [0.25, 0.3) is 0 Å². The molecule has 6 nitrogen and oxygen atoms in total. The van der Waals surface area contributed by atoms with E-state index < -0.39 is 5.54 Å². The Hall–Kier alpha value is -1.63. The van der Waals surface area contributed by atoms with E-state index in [1.54, 1.807) is 31.2 Å². The van der Waals surface area contributed by atoms with Crippen LogP contribution in [0.2, 0.25) is 0 Å². The van der Waals surface area contributed by atoms with Crippen LogP contribution >= 0.6 is 12.4 Å². The maximum Gasteiger partial charge on any atom is 0.338 e. The van der Waals surface area contributed by atoms with Crippen molar-refractivity contribution in [2.75, 3.05) is 19.8 Å². The monoisotopic (exact) mass is 342 g/mol. The van der Waals surface area contributed by atoms with E-state index in [2.05, 4.69) is 5.32 Å². The summed E-state index contributed by atoms with van der Waals surface area (Å²) in [6.07, 6.45) is 1.06. The van der Waals surface area contributed by atoms with Gasteiger partial charge in [-0.15, -0.1) is 12.4 Å². The Kier molecular flexibility index (Phi) is 7.48. The number of esters is 1. The number of benzene rings is 1. The second kappa shape index (κ2) is 8.86. The molecule has 3 N–H and O–H groups in total. The summed E-state index contributed by atoms with van der Waals surface area (Å²) in [5.74, 6) is -0.508. The molecule has 0 unspecified atom stereocenters. The zero-order chi connectivity index (χ0) is 16.0. The van der Waals surface area contributed by atoms with Crippen LogP contribution in [0.5, 0.6) is 0 Å². The Labute approximate surface area is 142 Å². The summed E-state index contributed by atoms with van der Waals surface area (Å²) in [5, 5.41) is 2.85. The molecule has 1 aromatic rings. The van der Waals surface area contributed by atoms with Gasteiger partial charge < -0.3 is 20.5 Å². The minimum absolute atomic E-state index is 0. The third kappa shape index (κ3) is 5.20. The molecule has 1 amide bonds. The van der Waals surface area contributed by atoms with Crippen molar-refractivity contribution < 1.29 is 19.1 Å². The summed E-state index contributed by atoms with van der Waals surface area (Å²) < 4.78 is 10.2. The highest BCUT2D eigenvalue weighted by atomic mass is 35.5. The van der Waals surface area contributed by atoms with E-state index in [9.17, 15) is 9.59 Å². The van der Waals surface area contributed by atoms with Crippen LogP contribution in [-0.2, 0) is 20.8 Å². The smallest absolute Gasteiger partial charge is 0.338 e. The highest BCUT2D eigenvalue weighted by Gasteiger charge is 2.35. The number of hydrogen-bond acceptors (Lipinski definition) is 5. The van der Waals surface area contributed by atoms with Crippen LogP contribution in [-0.4, -0.2) is 37.2 Å². The van der Waals surface area contributed by atoms with Crippen molar-refractivity contribution in [3.8, 4) is 0 Å². The van der Waals surface area contributed by atoms with Gasteiger partial charge in [-0.05, 0) is 37.5 Å². The summed E-state index contributed by atoms with van der Waals surface area (Å²) in [6.45, 7) is 3.51. The number of amides is 1. The predicted octanol–water partition coefficient (Wildman–Crippen LogP) is 1.41. The molecule has 0 spiro atoms. The van der Waals surface area contributed by atoms with Crippen LogP contribution in [0.1, 0.15) is 35.7 Å². The van der Waals surface area contributed by atoms with Crippen LogP contribution in [0.4, 0.5) is 0 Å². The van der Waals surface area contributed by atoms with Crippen LogP contribution < -0.4 is 11.1 Å². The second-order valence-corrected chi connectivity index (χ2v) is 5.37. The molecule has 0 aromatic heterocycles. The van der Waals surface area contributed by atoms with Gasteiger partial charge in [0.2, 0.25) is 5.91 Å². The van der Waals surface area contributed by atoms with Gasteiger partial charge in [0.1, 0.15) is 0 Å². The SMILES string of the molecule is CCOC(=O)c1ccc(CNC(=O)C2(N)CCOCC2)cc1.Cl. The molecular weight excluding hydrogens is 320 g/mol. The molecule has 1 aliphatic heterocycles. The van der Waals surface area contributed by atoms with Crippen LogP contribution in [0.15, 0.2) is 24.3 Å². The molecule has 1 aliphatic rings. The van der Waals surface area contributed by atoms with E-state index in [0.29, 0.717) is 44.8 Å². The van der Waals surface area contributed by atoms with Crippen molar-refractivity contribution in [2.24, 2.45) is 5.73 Å². The summed E-state index contributed by atoms with van der Waals surface area (Å²) in [6, 6.07) is 6.96. The Morgan fingerprint density at radius 1 is 1.26 bits per heavy atom. The fourth-order valence-electron chi connectivity index (χ4n) is 2.29. The Morgan fingerprint density at radius 2 is 1.87 bits per heavy atom. The van der Waals surface area contributed by atoms with Crippen molar-refractivity contribution >= 4 is 24.3 Å². The number of hydrogen-bond donors (Lipinski definition) is 2. The minimum atomic E-state index is -0.844. The van der Waals surface area contributed by atoms with Crippen molar-refractivity contribution in [3.63, 3.8) is 0 Å². The number of carbonyl (C=O) groups excluding carboxylic acids is 2. The highest BCUT2D eigenvalue weighted by molar-refractivity contribution is 5.89. The third-order valence-electron chi connectivity index (χ3n) is 3.76. The van der Waals surface area contributed by atoms with E-state index >= 15 is 0 Å². The maximum absolute atomic E-state index is 12.2. The van der Waals surface area contributed by atoms with Crippen molar-refractivity contribution in [2.45, 2.75) is 31.8 Å². The van der Waals surface area contributed by atoms with E-state index in [1.165, 1.54) is 0 Å². The van der Waals surface area contributed by atoms with Crippen LogP contribution in [0.3, 0.4) is 0 Å². The number of carbonyl (C=O) groups is 2. The fourth-order valence-corrected chi connectivity index (χ4v) is 2.29. The molecule has 2 rings (SSSR count). The van der Waals surface area contributed by atoms with Gasteiger partial charge in [-0.25, -0.2) is 4.79 Å². The summed E-state index contributed by atoms with van der Waals surface area (Å²) in [5.41, 5.74) is 6.66. The number of nitrogens with two attached hydrogens (primary N) is 1.